The number of aromatic nitrogens is 1. The van der Waals surface area contributed by atoms with Crippen molar-refractivity contribution in [3.05, 3.63) is 69.1 Å². The van der Waals surface area contributed by atoms with E-state index >= 15 is 0 Å². The number of para-hydroxylation sites is 1. The molecule has 0 amide bonds. The second kappa shape index (κ2) is 5.75. The lowest BCUT2D eigenvalue weighted by molar-refractivity contribution is -0.131. The Kier molecular flexibility index (Phi) is 4.05. The van der Waals surface area contributed by atoms with Crippen LogP contribution in [0.5, 0.6) is 0 Å². The van der Waals surface area contributed by atoms with Crippen LogP contribution in [0.2, 0.25) is 5.02 Å². The molecule has 102 valence electrons. The van der Waals surface area contributed by atoms with Gasteiger partial charge in [0, 0.05) is 29.6 Å². The van der Waals surface area contributed by atoms with Crippen molar-refractivity contribution in [2.24, 2.45) is 0 Å². The molecule has 0 spiro atoms. The number of aliphatic carboxylic acids is 1. The zero-order valence-corrected chi connectivity index (χ0v) is 11.5. The molecule has 1 aromatic heterocycles. The fourth-order valence-electron chi connectivity index (χ4n) is 1.84. The van der Waals surface area contributed by atoms with Gasteiger partial charge in [0.25, 0.3) is 0 Å². The second-order valence-corrected chi connectivity index (χ2v) is 4.63. The number of hydrogen-bond acceptors (Lipinski definition) is 2. The zero-order valence-electron chi connectivity index (χ0n) is 10.7. The average Bonchev–Trinajstić information content (AvgIpc) is 2.39. The monoisotopic (exact) mass is 289 g/mol. The van der Waals surface area contributed by atoms with Gasteiger partial charge in [0.15, 0.2) is 5.43 Å². The summed E-state index contributed by atoms with van der Waals surface area (Å²) in [4.78, 5) is 22.4. The van der Waals surface area contributed by atoms with E-state index in [2.05, 4.69) is 0 Å². The van der Waals surface area contributed by atoms with Gasteiger partial charge in [-0.2, -0.15) is 0 Å². The highest BCUT2D eigenvalue weighted by Gasteiger charge is 2.06. The Morgan fingerprint density at radius 2 is 2.05 bits per heavy atom. The van der Waals surface area contributed by atoms with Gasteiger partial charge in [-0.15, -0.1) is 0 Å². The maximum absolute atomic E-state index is 11.8. The molecule has 0 saturated carbocycles. The van der Waals surface area contributed by atoms with Gasteiger partial charge < -0.3 is 9.67 Å². The minimum atomic E-state index is -1.10. The molecule has 0 atom stereocenters. The lowest BCUT2D eigenvalue weighted by atomic mass is 10.2. The molecule has 0 radical (unpaired) electrons. The van der Waals surface area contributed by atoms with Gasteiger partial charge in [-0.3, -0.25) is 4.79 Å². The molecular formula is C15H12ClNO3. The first-order chi connectivity index (χ1) is 9.49. The predicted molar refractivity (Wildman–Crippen MR) is 78.5 cm³/mol. The number of carbonyl (C=O) groups is 1. The topological polar surface area (TPSA) is 59.3 Å². The van der Waals surface area contributed by atoms with Crippen molar-refractivity contribution >= 4 is 23.6 Å². The van der Waals surface area contributed by atoms with Gasteiger partial charge in [-0.05, 0) is 25.1 Å². The molecule has 0 bridgehead atoms. The molecule has 0 saturated heterocycles. The van der Waals surface area contributed by atoms with Crippen LogP contribution < -0.4 is 5.43 Å². The second-order valence-electron chi connectivity index (χ2n) is 4.23. The Balaban J connectivity index is 2.61. The highest BCUT2D eigenvalue weighted by atomic mass is 35.5. The summed E-state index contributed by atoms with van der Waals surface area (Å²) in [6.07, 6.45) is 3.79. The maximum atomic E-state index is 11.8. The first-order valence-corrected chi connectivity index (χ1v) is 6.26. The number of carboxylic acid groups (broad SMARTS) is 1. The molecule has 2 aromatic rings. The van der Waals surface area contributed by atoms with Crippen molar-refractivity contribution in [1.29, 1.82) is 0 Å². The van der Waals surface area contributed by atoms with Crippen LogP contribution in [0, 0.1) is 6.92 Å². The van der Waals surface area contributed by atoms with Gasteiger partial charge in [0.2, 0.25) is 0 Å². The number of nitrogens with zero attached hydrogens (tertiary/aromatic N) is 1. The standard InChI is InChI=1S/C15H12ClNO3/c1-10-8-14(18)11(6-7-15(19)20)9-17(10)13-5-3-2-4-12(13)16/h2-9H,1H3,(H,19,20)/b7-6+. The molecule has 2 rings (SSSR count). The summed E-state index contributed by atoms with van der Waals surface area (Å²) in [6, 6.07) is 8.68. The van der Waals surface area contributed by atoms with E-state index in [1.54, 1.807) is 23.8 Å². The van der Waals surface area contributed by atoms with Gasteiger partial charge in [0.05, 0.1) is 10.7 Å². The van der Waals surface area contributed by atoms with E-state index in [-0.39, 0.29) is 11.0 Å². The van der Waals surface area contributed by atoms with Crippen LogP contribution >= 0.6 is 11.6 Å². The summed E-state index contributed by atoms with van der Waals surface area (Å²) in [5, 5.41) is 9.18. The minimum absolute atomic E-state index is 0.233. The predicted octanol–water partition coefficient (Wildman–Crippen LogP) is 2.90. The van der Waals surface area contributed by atoms with Crippen molar-refractivity contribution in [3.8, 4) is 5.69 Å². The van der Waals surface area contributed by atoms with Crippen LogP contribution in [0.15, 0.2) is 47.4 Å². The van der Waals surface area contributed by atoms with E-state index in [1.165, 1.54) is 12.1 Å². The number of benzene rings is 1. The molecule has 1 heterocycles. The van der Waals surface area contributed by atoms with Crippen LogP contribution in [-0.4, -0.2) is 15.6 Å². The van der Waals surface area contributed by atoms with Crippen molar-refractivity contribution in [3.63, 3.8) is 0 Å². The molecule has 5 heteroatoms. The Labute approximate surface area is 120 Å². The highest BCUT2D eigenvalue weighted by molar-refractivity contribution is 6.32. The van der Waals surface area contributed by atoms with E-state index in [0.717, 1.165) is 17.5 Å². The van der Waals surface area contributed by atoms with E-state index in [4.69, 9.17) is 16.7 Å². The molecule has 4 nitrogen and oxygen atoms in total. The molecule has 1 aromatic carbocycles. The first kappa shape index (κ1) is 14.1. The lowest BCUT2D eigenvalue weighted by Crippen LogP contribution is -2.12. The van der Waals surface area contributed by atoms with Crippen LogP contribution in [-0.2, 0) is 4.79 Å². The number of rotatable bonds is 3. The van der Waals surface area contributed by atoms with Crippen molar-refractivity contribution in [2.45, 2.75) is 6.92 Å². The molecule has 1 N–H and O–H groups in total. The molecular weight excluding hydrogens is 278 g/mol. The summed E-state index contributed by atoms with van der Waals surface area (Å²) >= 11 is 6.14. The Morgan fingerprint density at radius 1 is 1.35 bits per heavy atom. The number of hydrogen-bond donors (Lipinski definition) is 1. The lowest BCUT2D eigenvalue weighted by Gasteiger charge is -2.13. The first-order valence-electron chi connectivity index (χ1n) is 5.88. The van der Waals surface area contributed by atoms with E-state index in [1.807, 2.05) is 18.2 Å². The molecule has 0 fully saturated rings. The molecule has 20 heavy (non-hydrogen) atoms. The summed E-state index contributed by atoms with van der Waals surface area (Å²) in [5.74, 6) is -1.10. The van der Waals surface area contributed by atoms with Gasteiger partial charge >= 0.3 is 5.97 Å². The number of carboxylic acids is 1. The third-order valence-electron chi connectivity index (χ3n) is 2.79. The van der Waals surface area contributed by atoms with E-state index in [9.17, 15) is 9.59 Å². The van der Waals surface area contributed by atoms with Crippen LogP contribution in [0.25, 0.3) is 11.8 Å². The largest absolute Gasteiger partial charge is 0.478 e. The third-order valence-corrected chi connectivity index (χ3v) is 3.11. The number of halogens is 1. The van der Waals surface area contributed by atoms with Crippen LogP contribution in [0.4, 0.5) is 0 Å². The number of aryl methyl sites for hydroxylation is 1. The van der Waals surface area contributed by atoms with Crippen LogP contribution in [0.1, 0.15) is 11.3 Å². The van der Waals surface area contributed by atoms with Crippen molar-refractivity contribution in [1.82, 2.24) is 4.57 Å². The van der Waals surface area contributed by atoms with Crippen molar-refractivity contribution < 1.29 is 9.90 Å². The van der Waals surface area contributed by atoms with Gasteiger partial charge in [-0.25, -0.2) is 4.79 Å². The average molecular weight is 290 g/mol. The highest BCUT2D eigenvalue weighted by Crippen LogP contribution is 2.21. The fourth-order valence-corrected chi connectivity index (χ4v) is 2.07. The summed E-state index contributed by atoms with van der Waals surface area (Å²) in [6.45, 7) is 1.79. The molecule has 0 unspecified atom stereocenters. The van der Waals surface area contributed by atoms with Crippen LogP contribution in [0.3, 0.4) is 0 Å². The Bertz CT molecular complexity index is 747. The fraction of sp³-hybridized carbons (Fsp3) is 0.0667. The quantitative estimate of drug-likeness (QED) is 0.884. The third kappa shape index (κ3) is 2.97. The molecule has 0 aliphatic carbocycles. The SMILES string of the molecule is Cc1cc(=O)c(/C=C/C(=O)O)cn1-c1ccccc1Cl. The summed E-state index contributed by atoms with van der Waals surface area (Å²) < 4.78 is 1.76. The summed E-state index contributed by atoms with van der Waals surface area (Å²) in [7, 11) is 0. The number of pyridine rings is 1. The van der Waals surface area contributed by atoms with E-state index < -0.39 is 5.97 Å². The normalized spacial score (nSPS) is 10.9. The van der Waals surface area contributed by atoms with Gasteiger partial charge in [0.1, 0.15) is 0 Å². The summed E-state index contributed by atoms with van der Waals surface area (Å²) in [5.41, 5.74) is 1.51. The minimum Gasteiger partial charge on any atom is -0.478 e. The Morgan fingerprint density at radius 3 is 2.70 bits per heavy atom. The zero-order chi connectivity index (χ0) is 14.7. The van der Waals surface area contributed by atoms with Crippen molar-refractivity contribution in [2.75, 3.05) is 0 Å². The molecule has 0 aliphatic rings. The molecule has 0 aliphatic heterocycles. The van der Waals surface area contributed by atoms with Gasteiger partial charge in [-0.1, -0.05) is 23.7 Å². The maximum Gasteiger partial charge on any atom is 0.328 e. The smallest absolute Gasteiger partial charge is 0.328 e. The Hall–Kier alpha value is -2.33. The van der Waals surface area contributed by atoms with E-state index in [0.29, 0.717) is 5.02 Å².